The van der Waals surface area contributed by atoms with E-state index in [4.69, 9.17) is 11.6 Å². The van der Waals surface area contributed by atoms with E-state index >= 15 is 0 Å². The Kier molecular flexibility index (Phi) is 2.41. The van der Waals surface area contributed by atoms with Gasteiger partial charge in [0.05, 0.1) is 0 Å². The third-order valence-corrected chi connectivity index (χ3v) is 3.95. The molecule has 0 heterocycles. The van der Waals surface area contributed by atoms with Crippen molar-refractivity contribution < 1.29 is 0 Å². The van der Waals surface area contributed by atoms with E-state index in [9.17, 15) is 0 Å². The summed E-state index contributed by atoms with van der Waals surface area (Å²) in [7, 11) is 0. The maximum Gasteiger partial charge on any atom is 0.0260 e. The van der Waals surface area contributed by atoms with Crippen molar-refractivity contribution in [1.82, 2.24) is 0 Å². The van der Waals surface area contributed by atoms with Crippen molar-refractivity contribution in [1.29, 1.82) is 0 Å². The lowest BCUT2D eigenvalue weighted by Crippen LogP contribution is -2.04. The van der Waals surface area contributed by atoms with Crippen molar-refractivity contribution in [2.45, 2.75) is 18.8 Å². The zero-order valence-electron chi connectivity index (χ0n) is 7.56. The summed E-state index contributed by atoms with van der Waals surface area (Å²) < 4.78 is 1.16. The normalized spacial score (nSPS) is 31.8. The fourth-order valence-corrected chi connectivity index (χ4v) is 2.72. The van der Waals surface area contributed by atoms with Crippen LogP contribution in [0.4, 0.5) is 0 Å². The molecule has 0 spiro atoms. The average molecular weight is 260 g/mol. The number of benzene rings is 1. The van der Waals surface area contributed by atoms with E-state index in [0.29, 0.717) is 11.3 Å². The molecule has 2 atom stereocenters. The molecule has 2 heteroatoms. The molecule has 0 amide bonds. The van der Waals surface area contributed by atoms with Crippen LogP contribution in [-0.4, -0.2) is 5.88 Å². The fourth-order valence-electron chi connectivity index (χ4n) is 1.88. The Morgan fingerprint density at radius 3 is 2.92 bits per heavy atom. The Bertz CT molecular complexity index is 324. The highest BCUT2D eigenvalue weighted by molar-refractivity contribution is 9.10. The minimum Gasteiger partial charge on any atom is -0.126 e. The maximum absolute atomic E-state index is 5.86. The van der Waals surface area contributed by atoms with Crippen molar-refractivity contribution in [2.75, 3.05) is 5.88 Å². The van der Waals surface area contributed by atoms with Gasteiger partial charge in [-0.1, -0.05) is 35.0 Å². The summed E-state index contributed by atoms with van der Waals surface area (Å²) in [6.45, 7) is 2.29. The second-order valence-electron chi connectivity index (χ2n) is 3.98. The van der Waals surface area contributed by atoms with Gasteiger partial charge in [0.25, 0.3) is 0 Å². The van der Waals surface area contributed by atoms with Gasteiger partial charge < -0.3 is 0 Å². The Morgan fingerprint density at radius 1 is 1.62 bits per heavy atom. The molecule has 0 bridgehead atoms. The van der Waals surface area contributed by atoms with Gasteiger partial charge in [0, 0.05) is 10.4 Å². The molecular weight excluding hydrogens is 247 g/mol. The molecule has 1 saturated carbocycles. The van der Waals surface area contributed by atoms with E-state index in [1.807, 2.05) is 0 Å². The molecule has 1 aromatic carbocycles. The number of hydrogen-bond acceptors (Lipinski definition) is 0. The molecular formula is C11H12BrCl. The molecule has 0 N–H and O–H groups in total. The first-order chi connectivity index (χ1) is 6.16. The average Bonchev–Trinajstić information content (AvgIpc) is 2.79. The topological polar surface area (TPSA) is 0 Å². The summed E-state index contributed by atoms with van der Waals surface area (Å²) in [5.74, 6) is 1.45. The van der Waals surface area contributed by atoms with Crippen molar-refractivity contribution >= 4 is 27.5 Å². The number of hydrogen-bond donors (Lipinski definition) is 0. The number of alkyl halides is 1. The molecule has 0 saturated heterocycles. The molecule has 13 heavy (non-hydrogen) atoms. The van der Waals surface area contributed by atoms with Crippen LogP contribution in [0.15, 0.2) is 28.7 Å². The van der Waals surface area contributed by atoms with Crippen molar-refractivity contribution in [3.63, 3.8) is 0 Å². The molecule has 1 aromatic rings. The quantitative estimate of drug-likeness (QED) is 0.705. The molecule has 1 aliphatic rings. The fraction of sp³-hybridized carbons (Fsp3) is 0.455. The lowest BCUT2D eigenvalue weighted by Gasteiger charge is -2.10. The zero-order chi connectivity index (χ0) is 9.47. The highest BCUT2D eigenvalue weighted by Gasteiger charge is 2.50. The first kappa shape index (κ1) is 9.54. The Morgan fingerprint density at radius 2 is 2.38 bits per heavy atom. The van der Waals surface area contributed by atoms with E-state index < -0.39 is 0 Å². The van der Waals surface area contributed by atoms with E-state index in [1.165, 1.54) is 12.0 Å². The number of rotatable bonds is 2. The molecule has 0 nitrogen and oxygen atoms in total. The van der Waals surface area contributed by atoms with Crippen LogP contribution in [0, 0.1) is 5.92 Å². The van der Waals surface area contributed by atoms with Gasteiger partial charge in [-0.2, -0.15) is 0 Å². The standard InChI is InChI=1S/C11H12BrCl/c1-11(6-9(11)7-13)8-3-2-4-10(12)5-8/h2-5,9H,6-7H2,1H3. The first-order valence-corrected chi connectivity index (χ1v) is 5.81. The van der Waals surface area contributed by atoms with Crippen LogP contribution in [0.2, 0.25) is 0 Å². The van der Waals surface area contributed by atoms with Gasteiger partial charge in [0.1, 0.15) is 0 Å². The van der Waals surface area contributed by atoms with Gasteiger partial charge in [-0.25, -0.2) is 0 Å². The Hall–Kier alpha value is -0.0100. The highest BCUT2D eigenvalue weighted by atomic mass is 79.9. The van der Waals surface area contributed by atoms with Crippen molar-refractivity contribution in [3.05, 3.63) is 34.3 Å². The predicted molar refractivity (Wildman–Crippen MR) is 60.3 cm³/mol. The van der Waals surface area contributed by atoms with Crippen LogP contribution < -0.4 is 0 Å². The molecule has 0 radical (unpaired) electrons. The van der Waals surface area contributed by atoms with Gasteiger partial charge >= 0.3 is 0 Å². The highest BCUT2D eigenvalue weighted by Crippen LogP contribution is 2.54. The van der Waals surface area contributed by atoms with Crippen molar-refractivity contribution in [2.24, 2.45) is 5.92 Å². The van der Waals surface area contributed by atoms with Crippen LogP contribution in [0.1, 0.15) is 18.9 Å². The lowest BCUT2D eigenvalue weighted by molar-refractivity contribution is 0.705. The van der Waals surface area contributed by atoms with Gasteiger partial charge in [0.2, 0.25) is 0 Å². The molecule has 2 unspecified atom stereocenters. The summed E-state index contributed by atoms with van der Waals surface area (Å²) in [6.07, 6.45) is 1.23. The smallest absolute Gasteiger partial charge is 0.0260 e. The zero-order valence-corrected chi connectivity index (χ0v) is 9.90. The molecule has 1 aliphatic carbocycles. The predicted octanol–water partition coefficient (Wildman–Crippen LogP) is 3.97. The van der Waals surface area contributed by atoms with Gasteiger partial charge in [-0.15, -0.1) is 11.6 Å². The van der Waals surface area contributed by atoms with Gasteiger partial charge in [-0.3, -0.25) is 0 Å². The summed E-state index contributed by atoms with van der Waals surface area (Å²) in [5.41, 5.74) is 1.75. The summed E-state index contributed by atoms with van der Waals surface area (Å²) >= 11 is 9.35. The van der Waals surface area contributed by atoms with E-state index in [1.54, 1.807) is 0 Å². The summed E-state index contributed by atoms with van der Waals surface area (Å²) in [6, 6.07) is 8.54. The third-order valence-electron chi connectivity index (χ3n) is 3.08. The van der Waals surface area contributed by atoms with E-state index in [2.05, 4.69) is 47.1 Å². The Balaban J connectivity index is 2.27. The summed E-state index contributed by atoms with van der Waals surface area (Å²) in [4.78, 5) is 0. The molecule has 1 fully saturated rings. The monoisotopic (exact) mass is 258 g/mol. The van der Waals surface area contributed by atoms with Crippen LogP contribution in [0.5, 0.6) is 0 Å². The van der Waals surface area contributed by atoms with Crippen LogP contribution in [-0.2, 0) is 5.41 Å². The third kappa shape index (κ3) is 1.64. The van der Waals surface area contributed by atoms with Crippen molar-refractivity contribution in [3.8, 4) is 0 Å². The molecule has 2 rings (SSSR count). The number of halogens is 2. The van der Waals surface area contributed by atoms with E-state index in [0.717, 1.165) is 10.4 Å². The van der Waals surface area contributed by atoms with E-state index in [-0.39, 0.29) is 0 Å². The summed E-state index contributed by atoms with van der Waals surface area (Å²) in [5, 5.41) is 0. The SMILES string of the molecule is CC1(c2cccc(Br)c2)CC1CCl. The maximum atomic E-state index is 5.86. The van der Waals surface area contributed by atoms with Gasteiger partial charge in [0.15, 0.2) is 0 Å². The second-order valence-corrected chi connectivity index (χ2v) is 5.21. The minimum absolute atomic E-state index is 0.339. The molecule has 0 aromatic heterocycles. The second kappa shape index (κ2) is 3.29. The largest absolute Gasteiger partial charge is 0.126 e. The van der Waals surface area contributed by atoms with Crippen LogP contribution in [0.25, 0.3) is 0 Å². The minimum atomic E-state index is 0.339. The first-order valence-electron chi connectivity index (χ1n) is 4.49. The Labute approximate surface area is 92.4 Å². The van der Waals surface area contributed by atoms with Gasteiger partial charge in [-0.05, 0) is 35.4 Å². The van der Waals surface area contributed by atoms with Crippen LogP contribution in [0.3, 0.4) is 0 Å². The lowest BCUT2D eigenvalue weighted by atomic mass is 9.96. The molecule has 0 aliphatic heterocycles. The molecule has 70 valence electrons. The van der Waals surface area contributed by atoms with Crippen LogP contribution >= 0.6 is 27.5 Å².